The molecule has 0 aliphatic carbocycles. The number of aryl methyl sites for hydroxylation is 2. The molecule has 5 heteroatoms. The van der Waals surface area contributed by atoms with Gasteiger partial charge in [-0.1, -0.05) is 13.8 Å². The molecule has 0 unspecified atom stereocenters. The minimum Gasteiger partial charge on any atom is -0.393 e. The van der Waals surface area contributed by atoms with E-state index < -0.39 is 0 Å². The second-order valence-corrected chi connectivity index (χ2v) is 4.43. The maximum atomic E-state index is 9.47. The highest BCUT2D eigenvalue weighted by atomic mass is 16.3. The van der Waals surface area contributed by atoms with Gasteiger partial charge in [0, 0.05) is 13.1 Å². The molecular weight excluding hydrogens is 216 g/mol. The van der Waals surface area contributed by atoms with Gasteiger partial charge in [0.15, 0.2) is 0 Å². The summed E-state index contributed by atoms with van der Waals surface area (Å²) in [4.78, 5) is 6.69. The van der Waals surface area contributed by atoms with Gasteiger partial charge >= 0.3 is 0 Å². The van der Waals surface area contributed by atoms with Gasteiger partial charge in [-0.15, -0.1) is 5.10 Å². The van der Waals surface area contributed by atoms with Crippen LogP contribution in [-0.2, 0) is 12.8 Å². The van der Waals surface area contributed by atoms with Gasteiger partial charge in [0.05, 0.1) is 17.5 Å². The lowest BCUT2D eigenvalue weighted by atomic mass is 10.1. The van der Waals surface area contributed by atoms with E-state index in [1.165, 1.54) is 0 Å². The average Bonchev–Trinajstić information content (AvgIpc) is 2.39. The number of aliphatic hydroxyl groups is 1. The number of hydrogen-bond donors (Lipinski definition) is 1. The van der Waals surface area contributed by atoms with Crippen LogP contribution < -0.4 is 4.90 Å². The Morgan fingerprint density at radius 1 is 1.12 bits per heavy atom. The lowest BCUT2D eigenvalue weighted by Crippen LogP contribution is -2.37. The number of aromatic nitrogens is 3. The zero-order valence-corrected chi connectivity index (χ0v) is 10.6. The monoisotopic (exact) mass is 236 g/mol. The predicted octanol–water partition coefficient (Wildman–Crippen LogP) is 0.957. The molecule has 0 saturated carbocycles. The molecule has 94 valence electrons. The molecule has 1 aromatic heterocycles. The Morgan fingerprint density at radius 3 is 2.35 bits per heavy atom. The summed E-state index contributed by atoms with van der Waals surface area (Å²) >= 11 is 0. The van der Waals surface area contributed by atoms with Crippen LogP contribution in [0.15, 0.2) is 0 Å². The third-order valence-electron chi connectivity index (χ3n) is 3.25. The van der Waals surface area contributed by atoms with E-state index in [1.54, 1.807) is 0 Å². The molecular formula is C12H20N4O. The Balaban J connectivity index is 2.16. The predicted molar refractivity (Wildman–Crippen MR) is 66.0 cm³/mol. The number of piperidine rings is 1. The number of anilines is 1. The quantitative estimate of drug-likeness (QED) is 0.847. The van der Waals surface area contributed by atoms with E-state index in [1.807, 2.05) is 0 Å². The van der Waals surface area contributed by atoms with Crippen LogP contribution >= 0.6 is 0 Å². The van der Waals surface area contributed by atoms with Gasteiger partial charge < -0.3 is 10.0 Å². The molecule has 0 radical (unpaired) electrons. The van der Waals surface area contributed by atoms with Crippen LogP contribution in [0.25, 0.3) is 0 Å². The molecule has 1 aliphatic rings. The number of hydrogen-bond acceptors (Lipinski definition) is 5. The zero-order valence-electron chi connectivity index (χ0n) is 10.6. The molecule has 0 bridgehead atoms. The van der Waals surface area contributed by atoms with Gasteiger partial charge in [-0.3, -0.25) is 0 Å². The fraction of sp³-hybridized carbons (Fsp3) is 0.750. The van der Waals surface area contributed by atoms with Crippen LogP contribution in [0.1, 0.15) is 38.1 Å². The zero-order chi connectivity index (χ0) is 12.3. The van der Waals surface area contributed by atoms with E-state index in [0.29, 0.717) is 5.95 Å². The Morgan fingerprint density at radius 2 is 1.76 bits per heavy atom. The third kappa shape index (κ3) is 2.72. The minimum atomic E-state index is -0.167. The second kappa shape index (κ2) is 5.40. The Labute approximate surface area is 102 Å². The molecule has 0 amide bonds. The molecule has 1 aliphatic heterocycles. The first-order valence-electron chi connectivity index (χ1n) is 6.40. The van der Waals surface area contributed by atoms with Crippen molar-refractivity contribution in [1.82, 2.24) is 15.2 Å². The summed E-state index contributed by atoms with van der Waals surface area (Å²) in [6.45, 7) is 5.80. The largest absolute Gasteiger partial charge is 0.393 e. The molecule has 17 heavy (non-hydrogen) atoms. The van der Waals surface area contributed by atoms with Crippen molar-refractivity contribution in [2.75, 3.05) is 18.0 Å². The average molecular weight is 236 g/mol. The van der Waals surface area contributed by atoms with Crippen molar-refractivity contribution in [3.8, 4) is 0 Å². The number of aliphatic hydroxyl groups excluding tert-OH is 1. The molecule has 1 aromatic rings. The van der Waals surface area contributed by atoms with Crippen LogP contribution in [-0.4, -0.2) is 39.5 Å². The number of nitrogens with zero attached hydrogens (tertiary/aromatic N) is 4. The first-order valence-corrected chi connectivity index (χ1v) is 6.40. The first kappa shape index (κ1) is 12.2. The van der Waals surface area contributed by atoms with E-state index in [9.17, 15) is 5.11 Å². The highest BCUT2D eigenvalue weighted by molar-refractivity contribution is 5.31. The third-order valence-corrected chi connectivity index (χ3v) is 3.25. The van der Waals surface area contributed by atoms with E-state index >= 15 is 0 Å². The van der Waals surface area contributed by atoms with Crippen LogP contribution in [0.5, 0.6) is 0 Å². The normalized spacial score (nSPS) is 17.5. The van der Waals surface area contributed by atoms with Gasteiger partial charge in [0.1, 0.15) is 0 Å². The molecule has 1 saturated heterocycles. The summed E-state index contributed by atoms with van der Waals surface area (Å²) in [5, 5.41) is 17.9. The van der Waals surface area contributed by atoms with Crippen molar-refractivity contribution >= 4 is 5.95 Å². The van der Waals surface area contributed by atoms with E-state index in [2.05, 4.69) is 33.9 Å². The molecule has 1 N–H and O–H groups in total. The minimum absolute atomic E-state index is 0.167. The standard InChI is InChI=1S/C12H20N4O/c1-3-10-11(4-2)14-15-12(13-10)16-7-5-9(17)6-8-16/h9,17H,3-8H2,1-2H3. The van der Waals surface area contributed by atoms with Crippen molar-refractivity contribution in [1.29, 1.82) is 0 Å². The highest BCUT2D eigenvalue weighted by Gasteiger charge is 2.20. The summed E-state index contributed by atoms with van der Waals surface area (Å²) in [6.07, 6.45) is 3.19. The maximum Gasteiger partial charge on any atom is 0.245 e. The van der Waals surface area contributed by atoms with Crippen molar-refractivity contribution in [3.05, 3.63) is 11.4 Å². The maximum absolute atomic E-state index is 9.47. The van der Waals surface area contributed by atoms with E-state index in [-0.39, 0.29) is 6.10 Å². The summed E-state index contributed by atoms with van der Waals surface area (Å²) in [5.74, 6) is 0.714. The second-order valence-electron chi connectivity index (χ2n) is 4.43. The van der Waals surface area contributed by atoms with Gasteiger partial charge in [0.2, 0.25) is 5.95 Å². The SMILES string of the molecule is CCc1nnc(N2CCC(O)CC2)nc1CC. The van der Waals surface area contributed by atoms with Gasteiger partial charge in [-0.05, 0) is 25.7 Å². The summed E-state index contributed by atoms with van der Waals surface area (Å²) in [6, 6.07) is 0. The first-order chi connectivity index (χ1) is 8.24. The van der Waals surface area contributed by atoms with Crippen LogP contribution in [0.2, 0.25) is 0 Å². The molecule has 0 spiro atoms. The summed E-state index contributed by atoms with van der Waals surface area (Å²) < 4.78 is 0. The molecule has 5 nitrogen and oxygen atoms in total. The summed E-state index contributed by atoms with van der Waals surface area (Å²) in [5.41, 5.74) is 2.04. The topological polar surface area (TPSA) is 62.1 Å². The summed E-state index contributed by atoms with van der Waals surface area (Å²) in [7, 11) is 0. The Bertz CT molecular complexity index is 375. The smallest absolute Gasteiger partial charge is 0.245 e. The number of rotatable bonds is 3. The Hall–Kier alpha value is -1.23. The fourth-order valence-electron chi connectivity index (χ4n) is 2.13. The van der Waals surface area contributed by atoms with Crippen molar-refractivity contribution in [2.45, 2.75) is 45.6 Å². The fourth-order valence-corrected chi connectivity index (χ4v) is 2.13. The van der Waals surface area contributed by atoms with Crippen LogP contribution in [0, 0.1) is 0 Å². The van der Waals surface area contributed by atoms with Gasteiger partial charge in [-0.2, -0.15) is 5.10 Å². The van der Waals surface area contributed by atoms with Gasteiger partial charge in [0.25, 0.3) is 0 Å². The van der Waals surface area contributed by atoms with Crippen LogP contribution in [0.3, 0.4) is 0 Å². The molecule has 0 atom stereocenters. The van der Waals surface area contributed by atoms with Crippen molar-refractivity contribution < 1.29 is 5.11 Å². The van der Waals surface area contributed by atoms with Crippen LogP contribution in [0.4, 0.5) is 5.95 Å². The Kier molecular flexibility index (Phi) is 3.89. The lowest BCUT2D eigenvalue weighted by molar-refractivity contribution is 0.145. The molecule has 2 rings (SSSR count). The highest BCUT2D eigenvalue weighted by Crippen LogP contribution is 2.16. The van der Waals surface area contributed by atoms with E-state index in [0.717, 1.165) is 50.2 Å². The van der Waals surface area contributed by atoms with E-state index in [4.69, 9.17) is 0 Å². The van der Waals surface area contributed by atoms with Gasteiger partial charge in [-0.25, -0.2) is 4.98 Å². The van der Waals surface area contributed by atoms with Crippen molar-refractivity contribution in [3.63, 3.8) is 0 Å². The molecule has 0 aromatic carbocycles. The molecule has 1 fully saturated rings. The van der Waals surface area contributed by atoms with Crippen molar-refractivity contribution in [2.24, 2.45) is 0 Å². The molecule has 2 heterocycles. The lowest BCUT2D eigenvalue weighted by Gasteiger charge is -2.29.